The molecule has 0 aliphatic heterocycles. The highest BCUT2D eigenvalue weighted by Gasteiger charge is 2.23. The molecule has 1 rings (SSSR count). The van der Waals surface area contributed by atoms with Crippen LogP contribution in [-0.4, -0.2) is 22.7 Å². The molecular formula is C10H15F2N3O. The number of nitrogens with two attached hydrogens (primary N) is 1. The third-order valence-electron chi connectivity index (χ3n) is 1.89. The minimum atomic E-state index is -2.88. The topological polar surface area (TPSA) is 61.0 Å². The average molecular weight is 231 g/mol. The van der Waals surface area contributed by atoms with Gasteiger partial charge in [0, 0.05) is 18.5 Å². The molecule has 0 saturated carbocycles. The van der Waals surface area contributed by atoms with E-state index in [0.717, 1.165) is 6.92 Å². The predicted octanol–water partition coefficient (Wildman–Crippen LogP) is 1.84. The molecular weight excluding hydrogens is 216 g/mol. The lowest BCUT2D eigenvalue weighted by atomic mass is 10.2. The van der Waals surface area contributed by atoms with Gasteiger partial charge in [0.1, 0.15) is 0 Å². The number of aryl methyl sites for hydroxylation is 1. The summed E-state index contributed by atoms with van der Waals surface area (Å²) in [5.74, 6) is -2.76. The molecule has 4 nitrogen and oxygen atoms in total. The lowest BCUT2D eigenvalue weighted by molar-refractivity contribution is -0.0247. The zero-order valence-electron chi connectivity index (χ0n) is 9.50. The van der Waals surface area contributed by atoms with Crippen LogP contribution in [0.25, 0.3) is 0 Å². The number of hydrogen-bond acceptors (Lipinski definition) is 4. The van der Waals surface area contributed by atoms with E-state index in [-0.39, 0.29) is 11.9 Å². The van der Waals surface area contributed by atoms with Crippen molar-refractivity contribution in [3.8, 4) is 5.88 Å². The van der Waals surface area contributed by atoms with E-state index >= 15 is 0 Å². The Labute approximate surface area is 92.8 Å². The van der Waals surface area contributed by atoms with E-state index in [9.17, 15) is 8.78 Å². The molecule has 1 atom stereocenters. The Bertz CT molecular complexity index is 364. The highest BCUT2D eigenvalue weighted by Crippen LogP contribution is 2.19. The van der Waals surface area contributed by atoms with Gasteiger partial charge in [-0.3, -0.25) is 0 Å². The van der Waals surface area contributed by atoms with Crippen LogP contribution in [0.15, 0.2) is 6.07 Å². The number of hydrogen-bond donors (Lipinski definition) is 1. The summed E-state index contributed by atoms with van der Waals surface area (Å²) in [6.07, 6.45) is 0. The van der Waals surface area contributed by atoms with Crippen molar-refractivity contribution < 1.29 is 13.5 Å². The van der Waals surface area contributed by atoms with E-state index in [1.165, 1.54) is 0 Å². The van der Waals surface area contributed by atoms with E-state index in [4.69, 9.17) is 10.5 Å². The molecule has 0 bridgehead atoms. The number of nitrogens with zero attached hydrogens (tertiary/aromatic N) is 2. The van der Waals surface area contributed by atoms with Crippen LogP contribution in [0.5, 0.6) is 5.88 Å². The smallest absolute Gasteiger partial charge is 0.278 e. The van der Waals surface area contributed by atoms with Crippen molar-refractivity contribution in [3.63, 3.8) is 0 Å². The van der Waals surface area contributed by atoms with Gasteiger partial charge in [0.2, 0.25) is 5.88 Å². The molecule has 16 heavy (non-hydrogen) atoms. The summed E-state index contributed by atoms with van der Waals surface area (Å²) >= 11 is 0. The van der Waals surface area contributed by atoms with E-state index < -0.39 is 12.5 Å². The summed E-state index contributed by atoms with van der Waals surface area (Å²) in [7, 11) is 0. The molecule has 0 fully saturated rings. The van der Waals surface area contributed by atoms with Crippen molar-refractivity contribution in [3.05, 3.63) is 17.3 Å². The number of ether oxygens (including phenoxy) is 1. The normalized spacial score (nSPS) is 13.6. The number of aromatic nitrogens is 2. The maximum atomic E-state index is 12.6. The van der Waals surface area contributed by atoms with E-state index in [1.807, 2.05) is 0 Å². The zero-order chi connectivity index (χ0) is 12.3. The van der Waals surface area contributed by atoms with Gasteiger partial charge < -0.3 is 10.5 Å². The summed E-state index contributed by atoms with van der Waals surface area (Å²) in [5.41, 5.74) is 6.86. The quantitative estimate of drug-likeness (QED) is 0.858. The Morgan fingerprint density at radius 1 is 1.50 bits per heavy atom. The Hall–Kier alpha value is -1.30. The minimum Gasteiger partial charge on any atom is -0.470 e. The maximum absolute atomic E-state index is 12.6. The molecule has 0 amide bonds. The lowest BCUT2D eigenvalue weighted by Gasteiger charge is -2.13. The van der Waals surface area contributed by atoms with E-state index in [1.54, 1.807) is 19.9 Å². The van der Waals surface area contributed by atoms with Gasteiger partial charge in [0.25, 0.3) is 5.92 Å². The first-order valence-electron chi connectivity index (χ1n) is 4.90. The first-order chi connectivity index (χ1) is 7.29. The number of rotatable bonds is 4. The van der Waals surface area contributed by atoms with Gasteiger partial charge in [0.15, 0.2) is 6.61 Å². The molecule has 0 saturated heterocycles. The minimum absolute atomic E-state index is 0.117. The molecule has 0 aliphatic rings. The number of halogens is 2. The molecule has 1 aromatic rings. The average Bonchev–Trinajstić information content (AvgIpc) is 2.14. The highest BCUT2D eigenvalue weighted by molar-refractivity contribution is 5.25. The Morgan fingerprint density at radius 2 is 2.12 bits per heavy atom. The molecule has 1 unspecified atom stereocenters. The summed E-state index contributed by atoms with van der Waals surface area (Å²) in [5, 5.41) is 7.51. The molecule has 1 aromatic heterocycles. The van der Waals surface area contributed by atoms with Crippen LogP contribution in [0, 0.1) is 6.92 Å². The first-order valence-corrected chi connectivity index (χ1v) is 4.90. The fraction of sp³-hybridized carbons (Fsp3) is 0.600. The van der Waals surface area contributed by atoms with Crippen molar-refractivity contribution in [2.45, 2.75) is 32.7 Å². The van der Waals surface area contributed by atoms with Crippen LogP contribution >= 0.6 is 0 Å². The maximum Gasteiger partial charge on any atom is 0.278 e. The predicted molar refractivity (Wildman–Crippen MR) is 55.5 cm³/mol. The third-order valence-corrected chi connectivity index (χ3v) is 1.89. The lowest BCUT2D eigenvalue weighted by Crippen LogP contribution is -2.22. The van der Waals surface area contributed by atoms with Crippen molar-refractivity contribution in [1.29, 1.82) is 0 Å². The standard InChI is InChI=1S/C10H15F2N3O/c1-6-4-8(7(2)13)14-15-9(6)16-5-10(3,11)12/h4,7H,5,13H2,1-3H3. The summed E-state index contributed by atoms with van der Waals surface area (Å²) in [6, 6.07) is 1.44. The molecule has 0 aromatic carbocycles. The monoisotopic (exact) mass is 231 g/mol. The van der Waals surface area contributed by atoms with Crippen LogP contribution in [0.4, 0.5) is 8.78 Å². The largest absolute Gasteiger partial charge is 0.470 e. The zero-order valence-corrected chi connectivity index (χ0v) is 9.50. The molecule has 0 spiro atoms. The van der Waals surface area contributed by atoms with Crippen LogP contribution < -0.4 is 10.5 Å². The van der Waals surface area contributed by atoms with E-state index in [2.05, 4.69) is 10.2 Å². The van der Waals surface area contributed by atoms with Crippen molar-refractivity contribution in [1.82, 2.24) is 10.2 Å². The summed E-state index contributed by atoms with van der Waals surface area (Å²) < 4.78 is 30.0. The van der Waals surface area contributed by atoms with Crippen LogP contribution in [0.2, 0.25) is 0 Å². The number of alkyl halides is 2. The second kappa shape index (κ2) is 4.69. The first kappa shape index (κ1) is 12.8. The fourth-order valence-corrected chi connectivity index (χ4v) is 1.05. The van der Waals surface area contributed by atoms with Crippen LogP contribution in [-0.2, 0) is 0 Å². The van der Waals surface area contributed by atoms with Gasteiger partial charge in [-0.2, -0.15) is 5.10 Å². The van der Waals surface area contributed by atoms with Gasteiger partial charge in [0.05, 0.1) is 5.69 Å². The Kier molecular flexibility index (Phi) is 3.74. The molecule has 0 aliphatic carbocycles. The molecule has 2 N–H and O–H groups in total. The molecule has 6 heteroatoms. The SMILES string of the molecule is Cc1cc(C(C)N)nnc1OCC(C)(F)F. The van der Waals surface area contributed by atoms with Crippen LogP contribution in [0.1, 0.15) is 31.1 Å². The van der Waals surface area contributed by atoms with Crippen molar-refractivity contribution in [2.24, 2.45) is 5.73 Å². The Morgan fingerprint density at radius 3 is 2.56 bits per heavy atom. The van der Waals surface area contributed by atoms with Gasteiger partial charge in [-0.25, -0.2) is 8.78 Å². The molecule has 1 heterocycles. The van der Waals surface area contributed by atoms with Crippen molar-refractivity contribution >= 4 is 0 Å². The van der Waals surface area contributed by atoms with Gasteiger partial charge in [-0.1, -0.05) is 0 Å². The van der Waals surface area contributed by atoms with Gasteiger partial charge in [-0.05, 0) is 19.9 Å². The third kappa shape index (κ3) is 3.69. The molecule has 90 valence electrons. The van der Waals surface area contributed by atoms with Crippen LogP contribution in [0.3, 0.4) is 0 Å². The van der Waals surface area contributed by atoms with Gasteiger partial charge >= 0.3 is 0 Å². The summed E-state index contributed by atoms with van der Waals surface area (Å²) in [4.78, 5) is 0. The second-order valence-electron chi connectivity index (χ2n) is 3.90. The second-order valence-corrected chi connectivity index (χ2v) is 3.90. The van der Waals surface area contributed by atoms with E-state index in [0.29, 0.717) is 11.3 Å². The van der Waals surface area contributed by atoms with Gasteiger partial charge in [-0.15, -0.1) is 5.10 Å². The fourth-order valence-electron chi connectivity index (χ4n) is 1.05. The Balaban J connectivity index is 2.76. The van der Waals surface area contributed by atoms with Crippen molar-refractivity contribution in [2.75, 3.05) is 6.61 Å². The summed E-state index contributed by atoms with van der Waals surface area (Å²) in [6.45, 7) is 3.56. The molecule has 0 radical (unpaired) electrons. The highest BCUT2D eigenvalue weighted by atomic mass is 19.3.